The summed E-state index contributed by atoms with van der Waals surface area (Å²) >= 11 is 0. The molecule has 23 heavy (non-hydrogen) atoms. The molecule has 0 spiro atoms. The smallest absolute Gasteiger partial charge is 0.222 e. The Morgan fingerprint density at radius 1 is 1.30 bits per heavy atom. The van der Waals surface area contributed by atoms with Crippen LogP contribution < -0.4 is 5.32 Å². The van der Waals surface area contributed by atoms with Gasteiger partial charge in [-0.2, -0.15) is 0 Å². The van der Waals surface area contributed by atoms with Gasteiger partial charge in [0.25, 0.3) is 0 Å². The Bertz CT molecular complexity index is 590. The van der Waals surface area contributed by atoms with Crippen LogP contribution in [0.2, 0.25) is 0 Å². The van der Waals surface area contributed by atoms with Gasteiger partial charge in [0.15, 0.2) is 0 Å². The van der Waals surface area contributed by atoms with Crippen molar-refractivity contribution in [2.24, 2.45) is 11.8 Å². The first-order valence-electron chi connectivity index (χ1n) is 8.36. The van der Waals surface area contributed by atoms with Gasteiger partial charge in [0.2, 0.25) is 5.91 Å². The Balaban J connectivity index is 1.81. The van der Waals surface area contributed by atoms with Gasteiger partial charge in [0.05, 0.1) is 12.2 Å². The molecule has 0 unspecified atom stereocenters. The molecule has 1 saturated heterocycles. The van der Waals surface area contributed by atoms with Gasteiger partial charge in [-0.15, -0.1) is 0 Å². The predicted octanol–water partition coefficient (Wildman–Crippen LogP) is 3.74. The molecular formula is C18H23F2NO2. The van der Waals surface area contributed by atoms with Gasteiger partial charge in [-0.3, -0.25) is 4.79 Å². The molecule has 0 aromatic heterocycles. The third kappa shape index (κ3) is 3.39. The lowest BCUT2D eigenvalue weighted by Gasteiger charge is -2.39. The van der Waals surface area contributed by atoms with Crippen LogP contribution in [-0.4, -0.2) is 18.1 Å². The first kappa shape index (κ1) is 16.4. The number of rotatable bonds is 3. The molecule has 1 amide bonds. The molecule has 3 nitrogen and oxygen atoms in total. The third-order valence-corrected chi connectivity index (χ3v) is 4.99. The molecule has 126 valence electrons. The van der Waals surface area contributed by atoms with Gasteiger partial charge in [-0.05, 0) is 25.3 Å². The number of hydrogen-bond acceptors (Lipinski definition) is 2. The van der Waals surface area contributed by atoms with E-state index in [4.69, 9.17) is 4.74 Å². The van der Waals surface area contributed by atoms with E-state index in [0.29, 0.717) is 12.0 Å². The highest BCUT2D eigenvalue weighted by atomic mass is 19.1. The maximum Gasteiger partial charge on any atom is 0.222 e. The highest BCUT2D eigenvalue weighted by Gasteiger charge is 2.43. The van der Waals surface area contributed by atoms with Crippen LogP contribution in [0.3, 0.4) is 0 Å². The molecule has 0 radical (unpaired) electrons. The molecule has 2 fully saturated rings. The van der Waals surface area contributed by atoms with Crippen LogP contribution in [0.25, 0.3) is 0 Å². The largest absolute Gasteiger partial charge is 0.370 e. The van der Waals surface area contributed by atoms with E-state index in [1.165, 1.54) is 12.1 Å². The number of carbonyl (C=O) groups excluding carboxylic acids is 1. The van der Waals surface area contributed by atoms with Gasteiger partial charge >= 0.3 is 0 Å². The van der Waals surface area contributed by atoms with Crippen molar-refractivity contribution < 1.29 is 18.3 Å². The molecule has 3 rings (SSSR count). The van der Waals surface area contributed by atoms with Crippen LogP contribution in [-0.2, 0) is 9.53 Å². The van der Waals surface area contributed by atoms with Crippen LogP contribution in [0.5, 0.6) is 0 Å². The molecule has 1 saturated carbocycles. The van der Waals surface area contributed by atoms with E-state index in [1.807, 2.05) is 13.8 Å². The van der Waals surface area contributed by atoms with Crippen molar-refractivity contribution >= 4 is 5.91 Å². The van der Waals surface area contributed by atoms with Crippen LogP contribution in [0, 0.1) is 23.5 Å². The van der Waals surface area contributed by atoms with Crippen LogP contribution in [0.1, 0.15) is 51.2 Å². The van der Waals surface area contributed by atoms with E-state index in [9.17, 15) is 13.6 Å². The lowest BCUT2D eigenvalue weighted by molar-refractivity contribution is -0.129. The quantitative estimate of drug-likeness (QED) is 0.920. The van der Waals surface area contributed by atoms with E-state index in [1.54, 1.807) is 0 Å². The molecule has 5 heteroatoms. The average molecular weight is 323 g/mol. The summed E-state index contributed by atoms with van der Waals surface area (Å²) in [6, 6.07) is 3.58. The molecule has 1 aromatic rings. The number of nitrogens with one attached hydrogen (secondary N) is 1. The summed E-state index contributed by atoms with van der Waals surface area (Å²) in [4.78, 5) is 12.1. The van der Waals surface area contributed by atoms with Crippen molar-refractivity contribution in [1.82, 2.24) is 5.32 Å². The van der Waals surface area contributed by atoms with E-state index >= 15 is 0 Å². The van der Waals surface area contributed by atoms with Crippen molar-refractivity contribution in [3.05, 3.63) is 35.4 Å². The Labute approximate surface area is 135 Å². The summed E-state index contributed by atoms with van der Waals surface area (Å²) in [5, 5.41) is 3.10. The zero-order valence-corrected chi connectivity index (χ0v) is 13.5. The molecule has 1 heterocycles. The molecule has 1 aromatic carbocycles. The number of amides is 1. The number of carbonyl (C=O) groups is 1. The number of fused-ring (bicyclic) bond motifs is 1. The second kappa shape index (κ2) is 6.56. The average Bonchev–Trinajstić information content (AvgIpc) is 2.95. The lowest BCUT2D eigenvalue weighted by Crippen LogP contribution is -2.49. The van der Waals surface area contributed by atoms with Crippen molar-refractivity contribution in [2.75, 3.05) is 0 Å². The Morgan fingerprint density at radius 3 is 2.78 bits per heavy atom. The fourth-order valence-corrected chi connectivity index (χ4v) is 3.73. The number of hydrogen-bond donors (Lipinski definition) is 1. The van der Waals surface area contributed by atoms with Gasteiger partial charge in [-0.1, -0.05) is 26.3 Å². The first-order chi connectivity index (χ1) is 11.0. The zero-order valence-electron chi connectivity index (χ0n) is 13.5. The van der Waals surface area contributed by atoms with E-state index in [0.717, 1.165) is 25.3 Å². The van der Waals surface area contributed by atoms with Gasteiger partial charge in [0.1, 0.15) is 11.6 Å². The first-order valence-corrected chi connectivity index (χ1v) is 8.36. The third-order valence-electron chi connectivity index (χ3n) is 4.99. The summed E-state index contributed by atoms with van der Waals surface area (Å²) in [5.74, 6) is -0.956. The Morgan fingerprint density at radius 2 is 2.09 bits per heavy atom. The summed E-state index contributed by atoms with van der Waals surface area (Å²) in [5.41, 5.74) is 0.376. The maximum absolute atomic E-state index is 14.1. The monoisotopic (exact) mass is 323 g/mol. The second-order valence-electron chi connectivity index (χ2n) is 6.93. The molecule has 0 bridgehead atoms. The fourth-order valence-electron chi connectivity index (χ4n) is 3.73. The zero-order chi connectivity index (χ0) is 16.6. The molecule has 4 atom stereocenters. The summed E-state index contributed by atoms with van der Waals surface area (Å²) in [6.45, 7) is 3.72. The summed E-state index contributed by atoms with van der Waals surface area (Å²) in [7, 11) is 0. The van der Waals surface area contributed by atoms with Gasteiger partial charge in [0, 0.05) is 29.5 Å². The lowest BCUT2D eigenvalue weighted by atomic mass is 9.86. The highest BCUT2D eigenvalue weighted by Crippen LogP contribution is 2.43. The molecule has 2 aliphatic rings. The minimum Gasteiger partial charge on any atom is -0.370 e. The second-order valence-corrected chi connectivity index (χ2v) is 6.93. The van der Waals surface area contributed by atoms with Crippen LogP contribution >= 0.6 is 0 Å². The van der Waals surface area contributed by atoms with E-state index in [-0.39, 0.29) is 29.9 Å². The molecule has 1 N–H and O–H groups in total. The predicted molar refractivity (Wildman–Crippen MR) is 82.7 cm³/mol. The summed E-state index contributed by atoms with van der Waals surface area (Å²) in [6.07, 6.45) is 3.14. The Kier molecular flexibility index (Phi) is 4.67. The minimum absolute atomic E-state index is 0.0133. The number of benzene rings is 1. The molecule has 1 aliphatic heterocycles. The van der Waals surface area contributed by atoms with Crippen molar-refractivity contribution in [3.8, 4) is 0 Å². The Hall–Kier alpha value is -1.49. The van der Waals surface area contributed by atoms with Crippen molar-refractivity contribution in [2.45, 2.75) is 57.8 Å². The van der Waals surface area contributed by atoms with Gasteiger partial charge in [-0.25, -0.2) is 8.78 Å². The highest BCUT2D eigenvalue weighted by molar-refractivity contribution is 5.78. The van der Waals surface area contributed by atoms with Crippen LogP contribution in [0.4, 0.5) is 8.78 Å². The standard InChI is InChI=1S/C18H23F2NO2/c1-10(2)18(22)21-15-9-17(23-16-5-3-4-13(15)16)12-7-6-11(19)8-14(12)20/h6-8,10,13,15-17H,3-5,9H2,1-2H3,(H,21,22)/t13-,15+,16+,17+/m0/s1. The summed E-state index contributed by atoms with van der Waals surface area (Å²) < 4.78 is 33.3. The molecule has 1 aliphatic carbocycles. The SMILES string of the molecule is CC(C)C(=O)N[C@@H]1C[C@H](c2ccc(F)cc2F)O[C@@H]2CCC[C@@H]12. The van der Waals surface area contributed by atoms with Gasteiger partial charge < -0.3 is 10.1 Å². The van der Waals surface area contributed by atoms with E-state index < -0.39 is 17.7 Å². The fraction of sp³-hybridized carbons (Fsp3) is 0.611. The topological polar surface area (TPSA) is 38.3 Å². The normalized spacial score (nSPS) is 30.3. The number of ether oxygens (including phenoxy) is 1. The van der Waals surface area contributed by atoms with Crippen molar-refractivity contribution in [1.29, 1.82) is 0 Å². The molecular weight excluding hydrogens is 300 g/mol. The van der Waals surface area contributed by atoms with Crippen molar-refractivity contribution in [3.63, 3.8) is 0 Å². The minimum atomic E-state index is -0.592. The number of halogens is 2. The van der Waals surface area contributed by atoms with Crippen LogP contribution in [0.15, 0.2) is 18.2 Å². The maximum atomic E-state index is 14.1. The van der Waals surface area contributed by atoms with E-state index in [2.05, 4.69) is 5.32 Å².